The van der Waals surface area contributed by atoms with E-state index in [-0.39, 0.29) is 11.6 Å². The average molecular weight is 197 g/mol. The van der Waals surface area contributed by atoms with Crippen molar-refractivity contribution < 1.29 is 9.15 Å². The summed E-state index contributed by atoms with van der Waals surface area (Å²) >= 11 is 0. The van der Waals surface area contributed by atoms with Gasteiger partial charge in [0.2, 0.25) is 0 Å². The van der Waals surface area contributed by atoms with E-state index in [1.807, 2.05) is 12.1 Å². The lowest BCUT2D eigenvalue weighted by Gasteiger charge is -2.23. The van der Waals surface area contributed by atoms with Crippen LogP contribution in [0.1, 0.15) is 38.5 Å². The number of nitrogens with two attached hydrogens (primary N) is 1. The maximum Gasteiger partial charge on any atom is 0.120 e. The van der Waals surface area contributed by atoms with Gasteiger partial charge in [-0.2, -0.15) is 0 Å². The SMILES string of the molecule is COC(C)(C)CCC(N)c1ccco1. The van der Waals surface area contributed by atoms with Crippen molar-refractivity contribution in [3.05, 3.63) is 24.2 Å². The fraction of sp³-hybridized carbons (Fsp3) is 0.636. The van der Waals surface area contributed by atoms with E-state index in [4.69, 9.17) is 14.9 Å². The molecule has 1 aromatic heterocycles. The summed E-state index contributed by atoms with van der Waals surface area (Å²) in [7, 11) is 1.72. The molecule has 0 spiro atoms. The van der Waals surface area contributed by atoms with Gasteiger partial charge in [-0.1, -0.05) is 0 Å². The van der Waals surface area contributed by atoms with Gasteiger partial charge in [-0.25, -0.2) is 0 Å². The van der Waals surface area contributed by atoms with Crippen molar-refractivity contribution in [3.8, 4) is 0 Å². The van der Waals surface area contributed by atoms with E-state index in [0.29, 0.717) is 0 Å². The molecule has 80 valence electrons. The zero-order chi connectivity index (χ0) is 10.6. The van der Waals surface area contributed by atoms with E-state index in [9.17, 15) is 0 Å². The minimum Gasteiger partial charge on any atom is -0.468 e. The summed E-state index contributed by atoms with van der Waals surface area (Å²) in [6, 6.07) is 3.74. The Kier molecular flexibility index (Phi) is 3.72. The van der Waals surface area contributed by atoms with Crippen LogP contribution in [0.3, 0.4) is 0 Å². The van der Waals surface area contributed by atoms with Gasteiger partial charge in [0, 0.05) is 7.11 Å². The third kappa shape index (κ3) is 3.16. The van der Waals surface area contributed by atoms with Crippen molar-refractivity contribution in [2.24, 2.45) is 5.73 Å². The van der Waals surface area contributed by atoms with Crippen LogP contribution in [0.25, 0.3) is 0 Å². The quantitative estimate of drug-likeness (QED) is 0.788. The van der Waals surface area contributed by atoms with Gasteiger partial charge >= 0.3 is 0 Å². The summed E-state index contributed by atoms with van der Waals surface area (Å²) in [5.74, 6) is 0.844. The second kappa shape index (κ2) is 4.62. The summed E-state index contributed by atoms with van der Waals surface area (Å²) in [5, 5.41) is 0. The van der Waals surface area contributed by atoms with Gasteiger partial charge in [-0.15, -0.1) is 0 Å². The smallest absolute Gasteiger partial charge is 0.120 e. The van der Waals surface area contributed by atoms with E-state index in [0.717, 1.165) is 18.6 Å². The Labute approximate surface area is 85.2 Å². The third-order valence-electron chi connectivity index (χ3n) is 2.52. The fourth-order valence-corrected chi connectivity index (χ4v) is 1.25. The fourth-order valence-electron chi connectivity index (χ4n) is 1.25. The molecule has 3 nitrogen and oxygen atoms in total. The van der Waals surface area contributed by atoms with Crippen LogP contribution in [-0.2, 0) is 4.74 Å². The van der Waals surface area contributed by atoms with Crippen molar-refractivity contribution in [2.75, 3.05) is 7.11 Å². The first kappa shape index (κ1) is 11.3. The second-order valence-corrected chi connectivity index (χ2v) is 4.12. The molecule has 1 heterocycles. The molecule has 1 aromatic rings. The van der Waals surface area contributed by atoms with Gasteiger partial charge in [0.1, 0.15) is 5.76 Å². The summed E-state index contributed by atoms with van der Waals surface area (Å²) in [4.78, 5) is 0. The Hall–Kier alpha value is -0.800. The van der Waals surface area contributed by atoms with Gasteiger partial charge in [-0.05, 0) is 38.8 Å². The first-order valence-corrected chi connectivity index (χ1v) is 4.89. The van der Waals surface area contributed by atoms with Gasteiger partial charge in [0.05, 0.1) is 17.9 Å². The minimum absolute atomic E-state index is 0.0283. The van der Waals surface area contributed by atoms with Crippen molar-refractivity contribution in [1.29, 1.82) is 0 Å². The van der Waals surface area contributed by atoms with Crippen LogP contribution < -0.4 is 5.73 Å². The maximum absolute atomic E-state index is 5.95. The number of ether oxygens (including phenoxy) is 1. The molecule has 0 saturated carbocycles. The van der Waals surface area contributed by atoms with Gasteiger partial charge in [-0.3, -0.25) is 0 Å². The highest BCUT2D eigenvalue weighted by Crippen LogP contribution is 2.22. The van der Waals surface area contributed by atoms with Crippen molar-refractivity contribution in [1.82, 2.24) is 0 Å². The first-order valence-electron chi connectivity index (χ1n) is 4.89. The molecule has 2 N–H and O–H groups in total. The lowest BCUT2D eigenvalue weighted by molar-refractivity contribution is 0.0121. The largest absolute Gasteiger partial charge is 0.468 e. The molecule has 0 aliphatic carbocycles. The molecule has 0 bridgehead atoms. The molecule has 0 aliphatic rings. The third-order valence-corrected chi connectivity index (χ3v) is 2.52. The summed E-state index contributed by atoms with van der Waals surface area (Å²) < 4.78 is 10.5. The van der Waals surface area contributed by atoms with Crippen LogP contribution in [0.5, 0.6) is 0 Å². The Balaban J connectivity index is 2.39. The van der Waals surface area contributed by atoms with Crippen molar-refractivity contribution in [3.63, 3.8) is 0 Å². The molecule has 1 unspecified atom stereocenters. The van der Waals surface area contributed by atoms with E-state index >= 15 is 0 Å². The van der Waals surface area contributed by atoms with Gasteiger partial charge < -0.3 is 14.9 Å². The molecule has 0 saturated heterocycles. The standard InChI is InChI=1S/C11H19NO2/c1-11(2,13-3)7-6-9(12)10-5-4-8-14-10/h4-5,8-9H,6-7,12H2,1-3H3. The van der Waals surface area contributed by atoms with Crippen molar-refractivity contribution in [2.45, 2.75) is 38.3 Å². The predicted molar refractivity (Wildman–Crippen MR) is 56.0 cm³/mol. The molecule has 0 fully saturated rings. The monoisotopic (exact) mass is 197 g/mol. The lowest BCUT2D eigenvalue weighted by Crippen LogP contribution is -2.24. The Morgan fingerprint density at radius 2 is 2.29 bits per heavy atom. The summed E-state index contributed by atoms with van der Waals surface area (Å²) in [6.07, 6.45) is 3.44. The Morgan fingerprint density at radius 3 is 2.79 bits per heavy atom. The van der Waals surface area contributed by atoms with Crippen LogP contribution >= 0.6 is 0 Å². The minimum atomic E-state index is -0.107. The average Bonchev–Trinajstić information content (AvgIpc) is 2.67. The van der Waals surface area contributed by atoms with Gasteiger partial charge in [0.15, 0.2) is 0 Å². The summed E-state index contributed by atoms with van der Waals surface area (Å²) in [6.45, 7) is 4.11. The van der Waals surface area contributed by atoms with Crippen molar-refractivity contribution >= 4 is 0 Å². The molecule has 1 rings (SSSR count). The van der Waals surface area contributed by atoms with E-state index in [1.165, 1.54) is 0 Å². The van der Waals surface area contributed by atoms with Crippen LogP contribution in [0, 0.1) is 0 Å². The molecule has 0 aromatic carbocycles. The first-order chi connectivity index (χ1) is 6.55. The topological polar surface area (TPSA) is 48.4 Å². The highest BCUT2D eigenvalue weighted by Gasteiger charge is 2.19. The zero-order valence-electron chi connectivity index (χ0n) is 9.12. The van der Waals surface area contributed by atoms with Gasteiger partial charge in [0.25, 0.3) is 0 Å². The highest BCUT2D eigenvalue weighted by molar-refractivity contribution is 5.03. The number of hydrogen-bond acceptors (Lipinski definition) is 3. The van der Waals surface area contributed by atoms with E-state index < -0.39 is 0 Å². The molecule has 0 amide bonds. The van der Waals surface area contributed by atoms with Crippen LogP contribution in [0.2, 0.25) is 0 Å². The van der Waals surface area contributed by atoms with Crippen LogP contribution in [0.4, 0.5) is 0 Å². The Bertz CT molecular complexity index is 254. The maximum atomic E-state index is 5.95. The second-order valence-electron chi connectivity index (χ2n) is 4.12. The number of rotatable bonds is 5. The number of hydrogen-bond donors (Lipinski definition) is 1. The lowest BCUT2D eigenvalue weighted by atomic mass is 9.98. The molecular weight excluding hydrogens is 178 g/mol. The molecule has 14 heavy (non-hydrogen) atoms. The molecule has 0 aliphatic heterocycles. The van der Waals surface area contributed by atoms with E-state index in [1.54, 1.807) is 13.4 Å². The molecular formula is C11H19NO2. The molecule has 3 heteroatoms. The molecule has 1 atom stereocenters. The van der Waals surface area contributed by atoms with Crippen LogP contribution in [-0.4, -0.2) is 12.7 Å². The van der Waals surface area contributed by atoms with Crippen LogP contribution in [0.15, 0.2) is 22.8 Å². The Morgan fingerprint density at radius 1 is 1.57 bits per heavy atom. The number of methoxy groups -OCH3 is 1. The number of furan rings is 1. The predicted octanol–water partition coefficient (Wildman–Crippen LogP) is 2.48. The van der Waals surface area contributed by atoms with E-state index in [2.05, 4.69) is 13.8 Å². The molecule has 0 radical (unpaired) electrons. The normalized spacial score (nSPS) is 14.3. The zero-order valence-corrected chi connectivity index (χ0v) is 9.12. The highest BCUT2D eigenvalue weighted by atomic mass is 16.5. The summed E-state index contributed by atoms with van der Waals surface area (Å²) in [5.41, 5.74) is 5.85.